The molecule has 230 valence electrons. The van der Waals surface area contributed by atoms with Crippen LogP contribution in [0.3, 0.4) is 0 Å². The molecule has 38 heavy (non-hydrogen) atoms. The summed E-state index contributed by atoms with van der Waals surface area (Å²) in [5, 5.41) is 0.286. The van der Waals surface area contributed by atoms with Crippen LogP contribution in [0.1, 0.15) is 94.4 Å². The molecule has 0 aliphatic rings. The number of unbranched alkanes of at least 4 members (excludes halogenated alkanes) is 4. The number of hydrogen-bond acceptors (Lipinski definition) is 5. The van der Waals surface area contributed by atoms with Crippen LogP contribution in [0.25, 0.3) is 0 Å². The van der Waals surface area contributed by atoms with Crippen molar-refractivity contribution in [1.82, 2.24) is 0 Å². The van der Waals surface area contributed by atoms with Crippen LogP contribution in [0.4, 0.5) is 0 Å². The summed E-state index contributed by atoms with van der Waals surface area (Å²) >= 11 is 0. The largest absolute Gasteiger partial charge is 0.469 e. The van der Waals surface area contributed by atoms with Crippen LogP contribution in [0.2, 0.25) is 73.0 Å². The maximum absolute atomic E-state index is 7.43. The van der Waals surface area contributed by atoms with Crippen molar-refractivity contribution in [2.75, 3.05) is 14.2 Å². The van der Waals surface area contributed by atoms with Crippen molar-refractivity contribution in [1.29, 1.82) is 0 Å². The van der Waals surface area contributed by atoms with E-state index in [0.717, 1.165) is 24.9 Å². The molecule has 0 rings (SSSR count). The topological polar surface area (TPSA) is 46.2 Å². The van der Waals surface area contributed by atoms with Crippen LogP contribution < -0.4 is 0 Å². The lowest BCUT2D eigenvalue weighted by molar-refractivity contribution is 0.227. The van der Waals surface area contributed by atoms with E-state index in [9.17, 15) is 0 Å². The molecule has 0 aliphatic heterocycles. The van der Waals surface area contributed by atoms with Gasteiger partial charge in [0.25, 0.3) is 0 Å². The third kappa shape index (κ3) is 11.6. The molecule has 0 aliphatic carbocycles. The maximum atomic E-state index is 7.43. The van der Waals surface area contributed by atoms with Gasteiger partial charge in [0.15, 0.2) is 25.0 Å². The monoisotopic (exact) mass is 624 g/mol. The van der Waals surface area contributed by atoms with E-state index in [1.54, 1.807) is 14.2 Å². The van der Waals surface area contributed by atoms with Crippen LogP contribution >= 0.6 is 0 Å². The van der Waals surface area contributed by atoms with Crippen LogP contribution in [-0.4, -0.2) is 56.5 Å². The number of rotatable bonds is 16. The molecule has 5 nitrogen and oxygen atoms in total. The Morgan fingerprint density at radius 3 is 0.947 bits per heavy atom. The Balaban J connectivity index is 6.08. The fourth-order valence-corrected chi connectivity index (χ4v) is 21.5. The predicted molar refractivity (Wildman–Crippen MR) is 179 cm³/mol. The first-order valence-corrected chi connectivity index (χ1v) is 28.1. The van der Waals surface area contributed by atoms with Gasteiger partial charge in [0.2, 0.25) is 0 Å². The van der Waals surface area contributed by atoms with E-state index < -0.39 is 42.3 Å². The Hall–Kier alpha value is 0.884. The van der Waals surface area contributed by atoms with E-state index in [4.69, 9.17) is 21.2 Å². The van der Waals surface area contributed by atoms with Crippen LogP contribution in [-0.2, 0) is 21.2 Å². The minimum Gasteiger partial charge on any atom is -0.416 e. The average Bonchev–Trinajstić information content (AvgIpc) is 2.69. The molecule has 0 radical (unpaired) electrons. The van der Waals surface area contributed by atoms with E-state index in [2.05, 4.69) is 108 Å². The maximum Gasteiger partial charge on any atom is 0.469 e. The van der Waals surface area contributed by atoms with Crippen molar-refractivity contribution in [2.45, 2.75) is 167 Å². The average molecular weight is 625 g/mol. The molecular formula is C28H68O5Si5. The summed E-state index contributed by atoms with van der Waals surface area (Å²) in [4.78, 5) is 0. The summed E-state index contributed by atoms with van der Waals surface area (Å²) in [7, 11) is -7.80. The van der Waals surface area contributed by atoms with Crippen molar-refractivity contribution >= 4 is 42.3 Å². The summed E-state index contributed by atoms with van der Waals surface area (Å²) in [5.41, 5.74) is 0. The molecule has 0 aromatic carbocycles. The summed E-state index contributed by atoms with van der Waals surface area (Å²) in [6, 6.07) is 1.97. The van der Waals surface area contributed by atoms with Gasteiger partial charge in [-0.2, -0.15) is 0 Å². The van der Waals surface area contributed by atoms with Gasteiger partial charge in [0, 0.05) is 20.3 Å². The van der Waals surface area contributed by atoms with Gasteiger partial charge >= 0.3 is 17.4 Å². The molecule has 0 spiro atoms. The number of hydrogen-bond donors (Lipinski definition) is 0. The van der Waals surface area contributed by atoms with Crippen molar-refractivity contribution in [3.8, 4) is 0 Å². The highest BCUT2D eigenvalue weighted by atomic mass is 28.5. The van der Waals surface area contributed by atoms with Gasteiger partial charge in [-0.1, -0.05) is 88.0 Å². The van der Waals surface area contributed by atoms with E-state index in [1.165, 1.54) is 19.3 Å². The summed E-state index contributed by atoms with van der Waals surface area (Å²) in [6.07, 6.45) is 5.85. The predicted octanol–water partition coefficient (Wildman–Crippen LogP) is 10.3. The van der Waals surface area contributed by atoms with Gasteiger partial charge in [-0.3, -0.25) is 0 Å². The Bertz CT molecular complexity index is 633. The fourth-order valence-electron chi connectivity index (χ4n) is 3.45. The van der Waals surface area contributed by atoms with Crippen molar-refractivity contribution in [3.63, 3.8) is 0 Å². The van der Waals surface area contributed by atoms with Crippen molar-refractivity contribution < 1.29 is 21.2 Å². The summed E-state index contributed by atoms with van der Waals surface area (Å²) in [6.45, 7) is 37.3. The first kappa shape index (κ1) is 38.9. The smallest absolute Gasteiger partial charge is 0.416 e. The highest BCUT2D eigenvalue weighted by Crippen LogP contribution is 2.47. The van der Waals surface area contributed by atoms with Gasteiger partial charge in [0.05, 0.1) is 0 Å². The molecule has 0 saturated carbocycles. The van der Waals surface area contributed by atoms with Gasteiger partial charge in [0.1, 0.15) is 0 Å². The van der Waals surface area contributed by atoms with Crippen molar-refractivity contribution in [2.24, 2.45) is 0 Å². The molecule has 0 bridgehead atoms. The van der Waals surface area contributed by atoms with E-state index >= 15 is 0 Å². The minimum atomic E-state index is -2.99. The molecule has 0 amide bonds. The Morgan fingerprint density at radius 1 is 0.421 bits per heavy atom. The lowest BCUT2D eigenvalue weighted by Crippen LogP contribution is -2.65. The fraction of sp³-hybridized carbons (Fsp3) is 1.00. The Kier molecular flexibility index (Phi) is 14.2. The second kappa shape index (κ2) is 13.9. The molecular weight excluding hydrogens is 557 g/mol. The van der Waals surface area contributed by atoms with Crippen LogP contribution in [0, 0.1) is 0 Å². The zero-order valence-electron chi connectivity index (χ0n) is 29.0. The van der Waals surface area contributed by atoms with E-state index in [0.29, 0.717) is 0 Å². The molecule has 0 saturated heterocycles. The lowest BCUT2D eigenvalue weighted by Gasteiger charge is -2.52. The highest BCUT2D eigenvalue weighted by Gasteiger charge is 2.57. The minimum absolute atomic E-state index is 0.0953. The second-order valence-corrected chi connectivity index (χ2v) is 37.5. The molecule has 0 fully saturated rings. The molecule has 10 heteroatoms. The quantitative estimate of drug-likeness (QED) is 0.126. The molecule has 0 aromatic rings. The van der Waals surface area contributed by atoms with Crippen LogP contribution in [0.15, 0.2) is 0 Å². The van der Waals surface area contributed by atoms with Gasteiger partial charge in [-0.25, -0.2) is 0 Å². The molecule has 0 atom stereocenters. The molecule has 0 unspecified atom stereocenters. The highest BCUT2D eigenvalue weighted by molar-refractivity contribution is 6.92. The third-order valence-corrected chi connectivity index (χ3v) is 34.3. The normalized spacial score (nSPS) is 15.3. The van der Waals surface area contributed by atoms with Crippen molar-refractivity contribution in [3.05, 3.63) is 0 Å². The van der Waals surface area contributed by atoms with Gasteiger partial charge in [-0.15, -0.1) is 0 Å². The first-order valence-electron chi connectivity index (χ1n) is 14.9. The zero-order chi connectivity index (χ0) is 30.5. The zero-order valence-corrected chi connectivity index (χ0v) is 34.0. The Labute approximate surface area is 244 Å². The standard InChI is InChI=1S/C28H68O5Si5/c1-26(2,3)34(12,13)31-38(32-35(14,15)27(4,5)6,33-36(16,17)28(7,8)9)25-23-21-19-20-22-24-37(18,29-10)30-11/h19-25H2,1-18H3. The second-order valence-electron chi connectivity index (χ2n) is 16.1. The third-order valence-electron chi connectivity index (χ3n) is 9.63. The van der Waals surface area contributed by atoms with Crippen LogP contribution in [0.5, 0.6) is 0 Å². The molecule has 0 aromatic heterocycles. The molecule has 0 heterocycles. The van der Waals surface area contributed by atoms with E-state index in [-0.39, 0.29) is 15.1 Å². The van der Waals surface area contributed by atoms with E-state index in [1.807, 2.05) is 0 Å². The molecule has 0 N–H and O–H groups in total. The summed E-state index contributed by atoms with van der Waals surface area (Å²) in [5.74, 6) is 0. The van der Waals surface area contributed by atoms with Gasteiger partial charge < -0.3 is 21.2 Å². The lowest BCUT2D eigenvalue weighted by atomic mass is 10.2. The Morgan fingerprint density at radius 2 is 0.684 bits per heavy atom. The first-order chi connectivity index (χ1) is 16.7. The SMILES string of the molecule is CO[Si](C)(CCCCCCC[Si](O[Si](C)(C)C(C)(C)C)(O[Si](C)(C)C(C)(C)C)O[Si](C)(C)C(C)(C)C)OC. The van der Waals surface area contributed by atoms with Gasteiger partial charge in [-0.05, 0) is 73.4 Å². The summed E-state index contributed by atoms with van der Waals surface area (Å²) < 4.78 is 33.6.